The van der Waals surface area contributed by atoms with E-state index in [1.54, 1.807) is 0 Å². The van der Waals surface area contributed by atoms with E-state index in [1.165, 1.54) is 51.6 Å². The average Bonchev–Trinajstić information content (AvgIpc) is 2.27. The highest BCUT2D eigenvalue weighted by Gasteiger charge is 2.20. The second kappa shape index (κ2) is 7.67. The zero-order valence-electron chi connectivity index (χ0n) is 10.3. The molecule has 1 aliphatic heterocycles. The summed E-state index contributed by atoms with van der Waals surface area (Å²) in [5.41, 5.74) is 0. The van der Waals surface area contributed by atoms with Crippen molar-refractivity contribution in [3.05, 3.63) is 0 Å². The highest BCUT2D eigenvalue weighted by atomic mass is 79.9. The lowest BCUT2D eigenvalue weighted by Gasteiger charge is -2.35. The van der Waals surface area contributed by atoms with Crippen LogP contribution in [0.4, 0.5) is 0 Å². The van der Waals surface area contributed by atoms with Gasteiger partial charge in [0.1, 0.15) is 0 Å². The van der Waals surface area contributed by atoms with Crippen molar-refractivity contribution < 1.29 is 0 Å². The van der Waals surface area contributed by atoms with E-state index in [4.69, 9.17) is 0 Å². The van der Waals surface area contributed by atoms with Crippen LogP contribution in [0.1, 0.15) is 52.4 Å². The number of nitrogens with zero attached hydrogens (tertiary/aromatic N) is 1. The maximum Gasteiger partial charge on any atom is 0.00926 e. The van der Waals surface area contributed by atoms with Crippen LogP contribution in [0, 0.1) is 5.92 Å². The van der Waals surface area contributed by atoms with Gasteiger partial charge in [0.15, 0.2) is 0 Å². The highest BCUT2D eigenvalue weighted by molar-refractivity contribution is 9.09. The van der Waals surface area contributed by atoms with Crippen molar-refractivity contribution in [3.8, 4) is 0 Å². The SMILES string of the molecule is CCC1CCCCN1CCC(C)CCBr. The van der Waals surface area contributed by atoms with E-state index in [9.17, 15) is 0 Å². The number of rotatable bonds is 6. The molecular weight excluding hydrogens is 250 g/mol. The minimum absolute atomic E-state index is 0.879. The summed E-state index contributed by atoms with van der Waals surface area (Å²) in [5, 5.41) is 1.16. The summed E-state index contributed by atoms with van der Waals surface area (Å²) in [7, 11) is 0. The van der Waals surface area contributed by atoms with Gasteiger partial charge in [-0.3, -0.25) is 0 Å². The standard InChI is InChI=1S/C13H26BrN/c1-3-13-6-4-5-10-15(13)11-8-12(2)7-9-14/h12-13H,3-11H2,1-2H3. The maximum atomic E-state index is 3.53. The third-order valence-electron chi connectivity index (χ3n) is 3.73. The summed E-state index contributed by atoms with van der Waals surface area (Å²) in [5.74, 6) is 0.879. The molecule has 1 fully saturated rings. The third kappa shape index (κ3) is 4.86. The minimum Gasteiger partial charge on any atom is -0.300 e. The van der Waals surface area contributed by atoms with Gasteiger partial charge < -0.3 is 4.90 Å². The molecule has 1 saturated heterocycles. The molecule has 1 aliphatic rings. The van der Waals surface area contributed by atoms with E-state index in [-0.39, 0.29) is 0 Å². The first-order chi connectivity index (χ1) is 7.27. The van der Waals surface area contributed by atoms with Crippen molar-refractivity contribution in [2.24, 2.45) is 5.92 Å². The van der Waals surface area contributed by atoms with Crippen molar-refractivity contribution in [2.45, 2.75) is 58.4 Å². The first-order valence-corrected chi connectivity index (χ1v) is 7.70. The van der Waals surface area contributed by atoms with E-state index < -0.39 is 0 Å². The summed E-state index contributed by atoms with van der Waals surface area (Å²) in [6.45, 7) is 7.39. The molecule has 1 nitrogen and oxygen atoms in total. The first kappa shape index (κ1) is 13.5. The van der Waals surface area contributed by atoms with Crippen molar-refractivity contribution in [3.63, 3.8) is 0 Å². The summed E-state index contributed by atoms with van der Waals surface area (Å²) < 4.78 is 0. The van der Waals surface area contributed by atoms with E-state index in [0.29, 0.717) is 0 Å². The van der Waals surface area contributed by atoms with Gasteiger partial charge in [-0.25, -0.2) is 0 Å². The molecule has 1 heterocycles. The number of piperidine rings is 1. The Balaban J connectivity index is 2.22. The zero-order chi connectivity index (χ0) is 11.1. The summed E-state index contributed by atoms with van der Waals surface area (Å²) in [6, 6.07) is 0.884. The van der Waals surface area contributed by atoms with Crippen molar-refractivity contribution in [1.29, 1.82) is 0 Å². The Morgan fingerprint density at radius 2 is 2.13 bits per heavy atom. The van der Waals surface area contributed by atoms with Gasteiger partial charge in [-0.2, -0.15) is 0 Å². The largest absolute Gasteiger partial charge is 0.300 e. The lowest BCUT2D eigenvalue weighted by Crippen LogP contribution is -2.40. The third-order valence-corrected chi connectivity index (χ3v) is 4.19. The van der Waals surface area contributed by atoms with Crippen molar-refractivity contribution >= 4 is 15.9 Å². The quantitative estimate of drug-likeness (QED) is 0.661. The molecule has 15 heavy (non-hydrogen) atoms. The fraction of sp³-hybridized carbons (Fsp3) is 1.00. The zero-order valence-corrected chi connectivity index (χ0v) is 11.9. The van der Waals surface area contributed by atoms with Crippen LogP contribution in [0.25, 0.3) is 0 Å². The van der Waals surface area contributed by atoms with Gasteiger partial charge >= 0.3 is 0 Å². The molecule has 0 aromatic heterocycles. The fourth-order valence-corrected chi connectivity index (χ4v) is 3.32. The number of likely N-dealkylation sites (tertiary alicyclic amines) is 1. The molecule has 2 unspecified atom stereocenters. The topological polar surface area (TPSA) is 3.24 Å². The molecule has 0 radical (unpaired) electrons. The molecular formula is C13H26BrN. The molecule has 0 aromatic carbocycles. The van der Waals surface area contributed by atoms with Crippen molar-refractivity contribution in [2.75, 3.05) is 18.4 Å². The Morgan fingerprint density at radius 1 is 1.33 bits per heavy atom. The Morgan fingerprint density at radius 3 is 2.80 bits per heavy atom. The molecule has 0 spiro atoms. The number of hydrogen-bond donors (Lipinski definition) is 0. The fourth-order valence-electron chi connectivity index (χ4n) is 2.53. The normalized spacial score (nSPS) is 25.4. The molecule has 0 aromatic rings. The molecule has 0 N–H and O–H groups in total. The Kier molecular flexibility index (Phi) is 6.91. The molecule has 0 saturated carbocycles. The predicted molar refractivity (Wildman–Crippen MR) is 71.7 cm³/mol. The molecule has 0 aliphatic carbocycles. The van der Waals surface area contributed by atoms with Crippen LogP contribution in [0.5, 0.6) is 0 Å². The van der Waals surface area contributed by atoms with Crippen LogP contribution in [-0.4, -0.2) is 29.4 Å². The van der Waals surface area contributed by atoms with Crippen LogP contribution in [0.3, 0.4) is 0 Å². The summed E-state index contributed by atoms with van der Waals surface area (Å²) in [6.07, 6.45) is 8.35. The molecule has 0 amide bonds. The van der Waals surface area contributed by atoms with Crippen LogP contribution in [-0.2, 0) is 0 Å². The van der Waals surface area contributed by atoms with Gasteiger partial charge in [-0.15, -0.1) is 0 Å². The van der Waals surface area contributed by atoms with Crippen LogP contribution in [0.15, 0.2) is 0 Å². The number of halogens is 1. The average molecular weight is 276 g/mol. The second-order valence-electron chi connectivity index (χ2n) is 4.97. The minimum atomic E-state index is 0.879. The summed E-state index contributed by atoms with van der Waals surface area (Å²) >= 11 is 3.53. The van der Waals surface area contributed by atoms with Crippen molar-refractivity contribution in [1.82, 2.24) is 4.90 Å². The van der Waals surface area contributed by atoms with Gasteiger partial charge in [0.2, 0.25) is 0 Å². The number of hydrogen-bond acceptors (Lipinski definition) is 1. The monoisotopic (exact) mass is 275 g/mol. The smallest absolute Gasteiger partial charge is 0.00926 e. The van der Waals surface area contributed by atoms with Gasteiger partial charge in [0.25, 0.3) is 0 Å². The van der Waals surface area contributed by atoms with Crippen LogP contribution >= 0.6 is 15.9 Å². The Labute approximate surface area is 104 Å². The lowest BCUT2D eigenvalue weighted by molar-refractivity contribution is 0.136. The second-order valence-corrected chi connectivity index (χ2v) is 5.76. The van der Waals surface area contributed by atoms with Gasteiger partial charge in [-0.1, -0.05) is 36.2 Å². The first-order valence-electron chi connectivity index (χ1n) is 6.58. The van der Waals surface area contributed by atoms with Gasteiger partial charge in [0.05, 0.1) is 0 Å². The van der Waals surface area contributed by atoms with E-state index in [2.05, 4.69) is 34.7 Å². The molecule has 90 valence electrons. The van der Waals surface area contributed by atoms with E-state index in [1.807, 2.05) is 0 Å². The predicted octanol–water partition coefficient (Wildman–Crippen LogP) is 4.06. The highest BCUT2D eigenvalue weighted by Crippen LogP contribution is 2.21. The maximum absolute atomic E-state index is 3.53. The molecule has 1 rings (SSSR count). The van der Waals surface area contributed by atoms with E-state index in [0.717, 1.165) is 17.3 Å². The van der Waals surface area contributed by atoms with Gasteiger partial charge in [-0.05, 0) is 51.1 Å². The number of alkyl halides is 1. The molecule has 2 heteroatoms. The summed E-state index contributed by atoms with van der Waals surface area (Å²) in [4.78, 5) is 2.73. The Bertz CT molecular complexity index is 161. The van der Waals surface area contributed by atoms with Crippen LogP contribution < -0.4 is 0 Å². The van der Waals surface area contributed by atoms with Gasteiger partial charge in [0, 0.05) is 11.4 Å². The lowest BCUT2D eigenvalue weighted by atomic mass is 9.98. The van der Waals surface area contributed by atoms with E-state index >= 15 is 0 Å². The Hall–Kier alpha value is 0.440. The van der Waals surface area contributed by atoms with Crippen LogP contribution in [0.2, 0.25) is 0 Å². The molecule has 0 bridgehead atoms. The molecule has 2 atom stereocenters.